The third-order valence-electron chi connectivity index (χ3n) is 3.31. The molecule has 0 aliphatic rings. The van der Waals surface area contributed by atoms with Crippen LogP contribution in [0, 0.1) is 0 Å². The lowest BCUT2D eigenvalue weighted by Crippen LogP contribution is -2.43. The van der Waals surface area contributed by atoms with Crippen molar-refractivity contribution in [3.63, 3.8) is 0 Å². The van der Waals surface area contributed by atoms with Crippen molar-refractivity contribution in [3.05, 3.63) is 29.3 Å². The molecular formula is C14H21NO3. The molecule has 2 N–H and O–H groups in total. The summed E-state index contributed by atoms with van der Waals surface area (Å²) in [6.07, 6.45) is 0. The van der Waals surface area contributed by atoms with Crippen LogP contribution in [0.3, 0.4) is 0 Å². The number of likely N-dealkylation sites (N-methyl/N-ethyl adjacent to an activating group) is 1. The van der Waals surface area contributed by atoms with Crippen molar-refractivity contribution in [2.75, 3.05) is 13.7 Å². The molecule has 1 aromatic rings. The molecule has 1 rings (SSSR count). The van der Waals surface area contributed by atoms with Gasteiger partial charge in [0.1, 0.15) is 5.75 Å². The van der Waals surface area contributed by atoms with Gasteiger partial charge < -0.3 is 10.2 Å². The molecule has 0 aliphatic heterocycles. The zero-order valence-electron chi connectivity index (χ0n) is 11.4. The molecule has 100 valence electrons. The fourth-order valence-corrected chi connectivity index (χ4v) is 1.52. The second-order valence-corrected chi connectivity index (χ2v) is 5.23. The van der Waals surface area contributed by atoms with E-state index in [-0.39, 0.29) is 23.7 Å². The first kappa shape index (κ1) is 14.7. The Morgan fingerprint density at radius 3 is 2.50 bits per heavy atom. The number of aliphatic hydroxyl groups excluding tert-OH is 1. The molecule has 0 fully saturated rings. The Kier molecular flexibility index (Phi) is 4.48. The summed E-state index contributed by atoms with van der Waals surface area (Å²) in [6, 6.07) is 4.84. The molecule has 0 aromatic heterocycles. The van der Waals surface area contributed by atoms with Crippen molar-refractivity contribution in [2.24, 2.45) is 0 Å². The topological polar surface area (TPSA) is 60.8 Å². The average molecular weight is 251 g/mol. The summed E-state index contributed by atoms with van der Waals surface area (Å²) < 4.78 is 0. The van der Waals surface area contributed by atoms with Crippen LogP contribution in [0.4, 0.5) is 0 Å². The zero-order chi connectivity index (χ0) is 13.9. The number of phenolic OH excluding ortho intramolecular Hbond substituents is 1. The Bertz CT molecular complexity index is 441. The van der Waals surface area contributed by atoms with Crippen LogP contribution in [0.2, 0.25) is 0 Å². The molecule has 0 bridgehead atoms. The third kappa shape index (κ3) is 3.31. The number of carbonyl (C=O) groups excluding carboxylic acids is 1. The maximum Gasteiger partial charge on any atom is 0.159 e. The van der Waals surface area contributed by atoms with E-state index < -0.39 is 0 Å². The van der Waals surface area contributed by atoms with Gasteiger partial charge in [-0.25, -0.2) is 0 Å². The lowest BCUT2D eigenvalue weighted by Gasteiger charge is -2.34. The van der Waals surface area contributed by atoms with Crippen LogP contribution in [0.5, 0.6) is 5.75 Å². The number of carbonyl (C=O) groups is 1. The highest BCUT2D eigenvalue weighted by Gasteiger charge is 2.23. The van der Waals surface area contributed by atoms with Crippen molar-refractivity contribution >= 4 is 5.78 Å². The number of rotatable bonds is 5. The predicted molar refractivity (Wildman–Crippen MR) is 70.7 cm³/mol. The Labute approximate surface area is 108 Å². The molecule has 0 aliphatic carbocycles. The van der Waals surface area contributed by atoms with E-state index in [1.165, 1.54) is 13.0 Å². The van der Waals surface area contributed by atoms with E-state index in [2.05, 4.69) is 0 Å². The van der Waals surface area contributed by atoms with Crippen LogP contribution in [-0.2, 0) is 6.54 Å². The van der Waals surface area contributed by atoms with Crippen LogP contribution < -0.4 is 0 Å². The first-order chi connectivity index (χ1) is 8.27. The third-order valence-corrected chi connectivity index (χ3v) is 3.31. The van der Waals surface area contributed by atoms with Gasteiger partial charge in [0.15, 0.2) is 5.78 Å². The predicted octanol–water partition coefficient (Wildman–Crippen LogP) is 1.80. The van der Waals surface area contributed by atoms with Gasteiger partial charge in [0.25, 0.3) is 0 Å². The molecule has 18 heavy (non-hydrogen) atoms. The van der Waals surface area contributed by atoms with E-state index >= 15 is 0 Å². The fraction of sp³-hybridized carbons (Fsp3) is 0.500. The maximum atomic E-state index is 11.3. The summed E-state index contributed by atoms with van der Waals surface area (Å²) in [5.74, 6) is 0.140. The number of aromatic hydroxyl groups is 1. The van der Waals surface area contributed by atoms with E-state index in [9.17, 15) is 15.0 Å². The number of nitrogens with zero attached hydrogens (tertiary/aromatic N) is 1. The number of ketones is 1. The largest absolute Gasteiger partial charge is 0.508 e. The maximum absolute atomic E-state index is 11.3. The molecule has 0 saturated heterocycles. The van der Waals surface area contributed by atoms with Crippen molar-refractivity contribution in [1.82, 2.24) is 4.90 Å². The second-order valence-electron chi connectivity index (χ2n) is 5.23. The molecule has 0 unspecified atom stereocenters. The highest BCUT2D eigenvalue weighted by molar-refractivity contribution is 5.94. The van der Waals surface area contributed by atoms with Gasteiger partial charge in [-0.1, -0.05) is 0 Å². The van der Waals surface area contributed by atoms with E-state index in [4.69, 9.17) is 0 Å². The monoisotopic (exact) mass is 251 g/mol. The Morgan fingerprint density at radius 2 is 2.00 bits per heavy atom. The lowest BCUT2D eigenvalue weighted by molar-refractivity contribution is 0.0728. The van der Waals surface area contributed by atoms with Crippen LogP contribution in [-0.4, -0.2) is 40.1 Å². The highest BCUT2D eigenvalue weighted by Crippen LogP contribution is 2.23. The minimum Gasteiger partial charge on any atom is -0.508 e. The summed E-state index contributed by atoms with van der Waals surface area (Å²) in [4.78, 5) is 13.2. The van der Waals surface area contributed by atoms with Gasteiger partial charge in [-0.05, 0) is 46.0 Å². The summed E-state index contributed by atoms with van der Waals surface area (Å²) in [7, 11) is 1.87. The molecule has 0 saturated carbocycles. The van der Waals surface area contributed by atoms with E-state index in [0.29, 0.717) is 17.7 Å². The first-order valence-corrected chi connectivity index (χ1v) is 5.93. The first-order valence-electron chi connectivity index (χ1n) is 5.93. The summed E-state index contributed by atoms with van der Waals surface area (Å²) in [5.41, 5.74) is 0.892. The van der Waals surface area contributed by atoms with E-state index in [1.807, 2.05) is 25.8 Å². The zero-order valence-corrected chi connectivity index (χ0v) is 11.4. The fourth-order valence-electron chi connectivity index (χ4n) is 1.52. The summed E-state index contributed by atoms with van der Waals surface area (Å²) in [5, 5.41) is 19.1. The number of benzene rings is 1. The van der Waals surface area contributed by atoms with E-state index in [1.54, 1.807) is 12.1 Å². The SMILES string of the molecule is CC(=O)c1ccc(O)c(CN(C)C(C)(C)CO)c1. The van der Waals surface area contributed by atoms with Crippen molar-refractivity contribution < 1.29 is 15.0 Å². The smallest absolute Gasteiger partial charge is 0.159 e. The van der Waals surface area contributed by atoms with Crippen LogP contribution in [0.15, 0.2) is 18.2 Å². The van der Waals surface area contributed by atoms with Crippen molar-refractivity contribution in [1.29, 1.82) is 0 Å². The van der Waals surface area contributed by atoms with Gasteiger partial charge in [-0.2, -0.15) is 0 Å². The molecule has 4 nitrogen and oxygen atoms in total. The van der Waals surface area contributed by atoms with Gasteiger partial charge in [-0.15, -0.1) is 0 Å². The Balaban J connectivity index is 2.97. The quantitative estimate of drug-likeness (QED) is 0.783. The lowest BCUT2D eigenvalue weighted by atomic mass is 10.0. The summed E-state index contributed by atoms with van der Waals surface area (Å²) in [6.45, 7) is 5.83. The molecule has 0 radical (unpaired) electrons. The van der Waals surface area contributed by atoms with Gasteiger partial charge in [0.05, 0.1) is 6.61 Å². The molecule has 0 heterocycles. The van der Waals surface area contributed by atoms with Crippen LogP contribution in [0.25, 0.3) is 0 Å². The Hall–Kier alpha value is -1.39. The van der Waals surface area contributed by atoms with Gasteiger partial charge >= 0.3 is 0 Å². The normalized spacial score (nSPS) is 11.9. The highest BCUT2D eigenvalue weighted by atomic mass is 16.3. The molecular weight excluding hydrogens is 230 g/mol. The van der Waals surface area contributed by atoms with Crippen LogP contribution in [0.1, 0.15) is 36.7 Å². The summed E-state index contributed by atoms with van der Waals surface area (Å²) >= 11 is 0. The van der Waals surface area contributed by atoms with Gasteiger partial charge in [0, 0.05) is 23.2 Å². The van der Waals surface area contributed by atoms with E-state index in [0.717, 1.165) is 0 Å². The minimum absolute atomic E-state index is 0.0245. The Morgan fingerprint density at radius 1 is 1.39 bits per heavy atom. The number of hydrogen-bond acceptors (Lipinski definition) is 4. The number of phenols is 1. The average Bonchev–Trinajstić information content (AvgIpc) is 2.31. The minimum atomic E-state index is -0.376. The molecule has 0 amide bonds. The van der Waals surface area contributed by atoms with Crippen molar-refractivity contribution in [2.45, 2.75) is 32.9 Å². The standard InChI is InChI=1S/C14H21NO3/c1-10(17)11-5-6-13(18)12(7-11)8-15(4)14(2,3)9-16/h5-7,16,18H,8-9H2,1-4H3. The number of aliphatic hydroxyl groups is 1. The van der Waals surface area contributed by atoms with Gasteiger partial charge in [-0.3, -0.25) is 9.69 Å². The number of Topliss-reactive ketones (excluding diaryl/α,β-unsaturated/α-hetero) is 1. The molecule has 1 aromatic carbocycles. The van der Waals surface area contributed by atoms with Crippen LogP contribution >= 0.6 is 0 Å². The molecule has 4 heteroatoms. The second kappa shape index (κ2) is 5.50. The molecule has 0 atom stereocenters. The molecule has 0 spiro atoms. The number of hydrogen-bond donors (Lipinski definition) is 2. The van der Waals surface area contributed by atoms with Gasteiger partial charge in [0.2, 0.25) is 0 Å². The van der Waals surface area contributed by atoms with Crippen molar-refractivity contribution in [3.8, 4) is 5.75 Å².